The molecule has 0 saturated carbocycles. The molecule has 3 aromatic carbocycles. The number of oxazole rings is 1. The molecule has 0 saturated heterocycles. The van der Waals surface area contributed by atoms with Crippen LogP contribution in [0, 0.1) is 6.92 Å². The lowest BCUT2D eigenvalue weighted by Gasteiger charge is -2.09. The lowest BCUT2D eigenvalue weighted by molar-refractivity contribution is 0.372. The number of ether oxygens (including phenoxy) is 1. The van der Waals surface area contributed by atoms with Gasteiger partial charge in [0.15, 0.2) is 17.1 Å². The maximum atomic E-state index is 10.4. The van der Waals surface area contributed by atoms with Gasteiger partial charge in [-0.1, -0.05) is 17.7 Å². The van der Waals surface area contributed by atoms with Gasteiger partial charge in [-0.2, -0.15) is 0 Å². The van der Waals surface area contributed by atoms with Gasteiger partial charge in [-0.15, -0.1) is 0 Å². The number of phenolic OH excluding ortho intramolecular Hbond substituents is 1. The molecule has 0 fully saturated rings. The van der Waals surface area contributed by atoms with Crippen LogP contribution < -0.4 is 4.74 Å². The minimum Gasteiger partial charge on any atom is -0.504 e. The summed E-state index contributed by atoms with van der Waals surface area (Å²) in [5, 5.41) is 10.4. The number of hydrogen-bond donors (Lipinski definition) is 1. The molecule has 1 heterocycles. The molecule has 0 aliphatic carbocycles. The molecule has 4 aromatic rings. The zero-order chi connectivity index (χ0) is 20.5. The van der Waals surface area contributed by atoms with E-state index < -0.39 is 0 Å². The number of nitrogens with zero attached hydrogens (tertiary/aromatic N) is 2. The number of rotatable bonds is 4. The smallest absolute Gasteiger partial charge is 0.227 e. The van der Waals surface area contributed by atoms with Gasteiger partial charge >= 0.3 is 0 Å². The number of benzene rings is 3. The van der Waals surface area contributed by atoms with Crippen LogP contribution in [0.4, 0.5) is 5.69 Å². The first-order chi connectivity index (χ1) is 14.0. The Bertz CT molecular complexity index is 1250. The van der Waals surface area contributed by atoms with Gasteiger partial charge in [0, 0.05) is 20.7 Å². The fraction of sp³-hybridized carbons (Fsp3) is 0.0909. The number of phenols is 1. The first-order valence-corrected chi connectivity index (χ1v) is 10.3. The summed E-state index contributed by atoms with van der Waals surface area (Å²) in [5.74, 6) is 0.939. The van der Waals surface area contributed by atoms with Crippen molar-refractivity contribution in [3.05, 3.63) is 68.6 Å². The van der Waals surface area contributed by atoms with Gasteiger partial charge < -0.3 is 14.3 Å². The second-order valence-corrected chi connectivity index (χ2v) is 8.08. The lowest BCUT2D eigenvalue weighted by Crippen LogP contribution is -1.91. The van der Waals surface area contributed by atoms with Crippen LogP contribution in [-0.4, -0.2) is 23.4 Å². The van der Waals surface area contributed by atoms with E-state index >= 15 is 0 Å². The highest BCUT2D eigenvalue weighted by atomic mass is 79.9. The van der Waals surface area contributed by atoms with Gasteiger partial charge in [0.1, 0.15) is 5.52 Å². The van der Waals surface area contributed by atoms with Gasteiger partial charge in [0.2, 0.25) is 5.89 Å². The number of hydrogen-bond acceptors (Lipinski definition) is 5. The van der Waals surface area contributed by atoms with Gasteiger partial charge in [0.25, 0.3) is 0 Å². The topological polar surface area (TPSA) is 67.9 Å². The molecule has 4 rings (SSSR count). The first kappa shape index (κ1) is 19.7. The molecule has 0 radical (unpaired) electrons. The van der Waals surface area contributed by atoms with Crippen molar-refractivity contribution in [3.63, 3.8) is 0 Å². The molecule has 0 atom stereocenters. The third kappa shape index (κ3) is 3.93. The predicted octanol–water partition coefficient (Wildman–Crippen LogP) is 6.79. The number of fused-ring (bicyclic) bond motifs is 1. The van der Waals surface area contributed by atoms with E-state index in [1.54, 1.807) is 12.3 Å². The molecule has 7 heteroatoms. The molecule has 0 spiro atoms. The van der Waals surface area contributed by atoms with Crippen molar-refractivity contribution in [2.24, 2.45) is 4.99 Å². The predicted molar refractivity (Wildman–Crippen MR) is 121 cm³/mol. The Labute approximate surface area is 184 Å². The summed E-state index contributed by atoms with van der Waals surface area (Å²) in [4.78, 5) is 9.08. The monoisotopic (exact) mass is 514 g/mol. The van der Waals surface area contributed by atoms with E-state index in [1.807, 2.05) is 49.4 Å². The minimum atomic E-state index is 0.00979. The Hall–Kier alpha value is -2.64. The van der Waals surface area contributed by atoms with Crippen LogP contribution in [0.1, 0.15) is 11.1 Å². The number of aromatic hydroxyl groups is 1. The molecule has 5 nitrogen and oxygen atoms in total. The van der Waals surface area contributed by atoms with Gasteiger partial charge in [-0.25, -0.2) is 4.98 Å². The summed E-state index contributed by atoms with van der Waals surface area (Å²) in [6.07, 6.45) is 1.58. The average Bonchev–Trinajstić information content (AvgIpc) is 3.14. The Kier molecular flexibility index (Phi) is 5.43. The quantitative estimate of drug-likeness (QED) is 0.304. The third-order valence-corrected chi connectivity index (χ3v) is 6.40. The molecule has 0 amide bonds. The maximum Gasteiger partial charge on any atom is 0.227 e. The fourth-order valence-corrected chi connectivity index (χ4v) is 3.75. The number of halogens is 2. The van der Waals surface area contributed by atoms with Crippen LogP contribution >= 0.6 is 31.9 Å². The van der Waals surface area contributed by atoms with Gasteiger partial charge in [0.05, 0.1) is 18.4 Å². The van der Waals surface area contributed by atoms with Crippen LogP contribution in [0.5, 0.6) is 11.5 Å². The second kappa shape index (κ2) is 8.00. The first-order valence-electron chi connectivity index (χ1n) is 8.73. The Morgan fingerprint density at radius 3 is 2.72 bits per heavy atom. The van der Waals surface area contributed by atoms with E-state index in [0.717, 1.165) is 15.6 Å². The Morgan fingerprint density at radius 2 is 1.97 bits per heavy atom. The minimum absolute atomic E-state index is 0.00979. The molecule has 1 N–H and O–H groups in total. The average molecular weight is 516 g/mol. The standard InChI is InChI=1S/C22H16Br2N2O3/c1-12-4-3-5-13(8-12)22-26-17-9-14(6-7-18(17)29-22)25-11-15-20(24)16(23)10-19(28-2)21(15)27/h3-11,27H,1-2H3. The number of aromatic nitrogens is 1. The summed E-state index contributed by atoms with van der Waals surface area (Å²) < 4.78 is 12.5. The van der Waals surface area contributed by atoms with Crippen molar-refractivity contribution in [2.75, 3.05) is 7.11 Å². The zero-order valence-electron chi connectivity index (χ0n) is 15.6. The Morgan fingerprint density at radius 1 is 1.14 bits per heavy atom. The van der Waals surface area contributed by atoms with Gasteiger partial charge in [-0.05, 0) is 75.2 Å². The highest BCUT2D eigenvalue weighted by Crippen LogP contribution is 2.39. The summed E-state index contributed by atoms with van der Waals surface area (Å²) in [5.41, 5.74) is 4.68. The molecule has 0 aliphatic heterocycles. The van der Waals surface area contributed by atoms with Crippen LogP contribution in [0.2, 0.25) is 0 Å². The molecular weight excluding hydrogens is 500 g/mol. The van der Waals surface area contributed by atoms with Crippen LogP contribution in [0.15, 0.2) is 66.9 Å². The van der Waals surface area contributed by atoms with Crippen LogP contribution in [0.3, 0.4) is 0 Å². The lowest BCUT2D eigenvalue weighted by atomic mass is 10.1. The zero-order valence-corrected chi connectivity index (χ0v) is 18.8. The number of aryl methyl sites for hydroxylation is 1. The van der Waals surface area contributed by atoms with E-state index in [4.69, 9.17) is 9.15 Å². The van der Waals surface area contributed by atoms with E-state index in [1.165, 1.54) is 7.11 Å². The summed E-state index contributed by atoms with van der Waals surface area (Å²) in [7, 11) is 1.50. The van der Waals surface area contributed by atoms with Crippen molar-refractivity contribution in [1.82, 2.24) is 4.98 Å². The van der Waals surface area contributed by atoms with Crippen molar-refractivity contribution >= 4 is 54.9 Å². The number of aliphatic imine (C=N–C) groups is 1. The summed E-state index contributed by atoms with van der Waals surface area (Å²) >= 11 is 6.90. The molecule has 29 heavy (non-hydrogen) atoms. The highest BCUT2D eigenvalue weighted by Gasteiger charge is 2.14. The van der Waals surface area contributed by atoms with Crippen LogP contribution in [-0.2, 0) is 0 Å². The molecule has 1 aromatic heterocycles. The molecule has 146 valence electrons. The van der Waals surface area contributed by atoms with E-state index in [-0.39, 0.29) is 5.75 Å². The largest absolute Gasteiger partial charge is 0.504 e. The second-order valence-electron chi connectivity index (χ2n) is 6.44. The summed E-state index contributed by atoms with van der Waals surface area (Å²) in [6, 6.07) is 15.2. The van der Waals surface area contributed by atoms with Gasteiger partial charge in [-0.3, -0.25) is 4.99 Å². The molecular formula is C22H16Br2N2O3. The third-order valence-electron chi connectivity index (χ3n) is 4.39. The normalized spacial score (nSPS) is 11.4. The SMILES string of the molecule is COc1cc(Br)c(Br)c(C=Nc2ccc3oc(-c4cccc(C)c4)nc3c2)c1O. The molecule has 0 aliphatic rings. The molecule has 0 unspecified atom stereocenters. The fourth-order valence-electron chi connectivity index (χ4n) is 2.92. The van der Waals surface area contributed by atoms with E-state index in [9.17, 15) is 5.11 Å². The van der Waals surface area contributed by atoms with E-state index in [0.29, 0.717) is 38.5 Å². The van der Waals surface area contributed by atoms with E-state index in [2.05, 4.69) is 41.8 Å². The summed E-state index contributed by atoms with van der Waals surface area (Å²) in [6.45, 7) is 2.03. The Balaban J connectivity index is 1.70. The molecule has 0 bridgehead atoms. The maximum absolute atomic E-state index is 10.4. The van der Waals surface area contributed by atoms with Crippen molar-refractivity contribution < 1.29 is 14.3 Å². The van der Waals surface area contributed by atoms with Crippen molar-refractivity contribution in [2.45, 2.75) is 6.92 Å². The van der Waals surface area contributed by atoms with Crippen molar-refractivity contribution in [3.8, 4) is 23.0 Å². The number of methoxy groups -OCH3 is 1. The van der Waals surface area contributed by atoms with Crippen LogP contribution in [0.25, 0.3) is 22.6 Å². The highest BCUT2D eigenvalue weighted by molar-refractivity contribution is 9.13. The van der Waals surface area contributed by atoms with Crippen molar-refractivity contribution in [1.29, 1.82) is 0 Å².